The van der Waals surface area contributed by atoms with E-state index in [0.29, 0.717) is 29.1 Å². The maximum absolute atomic E-state index is 11.1. The first-order valence-corrected chi connectivity index (χ1v) is 9.91. The quantitative estimate of drug-likeness (QED) is 0.615. The van der Waals surface area contributed by atoms with Gasteiger partial charge < -0.3 is 30.3 Å². The Morgan fingerprint density at radius 1 is 1.10 bits per heavy atom. The van der Waals surface area contributed by atoms with E-state index in [4.69, 9.17) is 33.3 Å². The van der Waals surface area contributed by atoms with Crippen LogP contribution in [0.2, 0.25) is 5.02 Å². The number of hydrogen-bond donors (Lipinski definition) is 3. The van der Waals surface area contributed by atoms with E-state index in [1.165, 1.54) is 6.92 Å². The molecular formula is C20H23ClN4O3S. The van der Waals surface area contributed by atoms with Crippen LogP contribution in [-0.4, -0.2) is 44.4 Å². The molecule has 0 saturated carbocycles. The first kappa shape index (κ1) is 21.2. The Balaban J connectivity index is 1.75. The summed E-state index contributed by atoms with van der Waals surface area (Å²) in [7, 11) is 1.59. The smallest absolute Gasteiger partial charge is 0.221 e. The van der Waals surface area contributed by atoms with E-state index in [9.17, 15) is 4.79 Å². The summed E-state index contributed by atoms with van der Waals surface area (Å²) < 4.78 is 10.8. The zero-order valence-electron chi connectivity index (χ0n) is 16.3. The SMILES string of the molecule is COc1cc(N2CCOCC2)c(NC(=S)Nc2ccc(NC(C)=O)cc2)cc1Cl. The fourth-order valence-electron chi connectivity index (χ4n) is 2.99. The van der Waals surface area contributed by atoms with Crippen LogP contribution in [0.25, 0.3) is 0 Å². The van der Waals surface area contributed by atoms with Crippen LogP contribution in [0.1, 0.15) is 6.92 Å². The lowest BCUT2D eigenvalue weighted by atomic mass is 10.2. The van der Waals surface area contributed by atoms with E-state index >= 15 is 0 Å². The molecule has 0 unspecified atom stereocenters. The van der Waals surface area contributed by atoms with Crippen LogP contribution >= 0.6 is 23.8 Å². The number of halogens is 1. The number of anilines is 4. The number of carbonyl (C=O) groups is 1. The Kier molecular flexibility index (Phi) is 7.13. The average molecular weight is 435 g/mol. The van der Waals surface area contributed by atoms with Gasteiger partial charge in [0.25, 0.3) is 0 Å². The van der Waals surface area contributed by atoms with Gasteiger partial charge in [0.1, 0.15) is 5.75 Å². The lowest BCUT2D eigenvalue weighted by molar-refractivity contribution is -0.114. The predicted molar refractivity (Wildman–Crippen MR) is 122 cm³/mol. The molecule has 1 fully saturated rings. The first-order valence-electron chi connectivity index (χ1n) is 9.12. The van der Waals surface area contributed by atoms with Crippen molar-refractivity contribution in [3.8, 4) is 5.75 Å². The Morgan fingerprint density at radius 2 is 1.72 bits per heavy atom. The minimum atomic E-state index is -0.116. The minimum absolute atomic E-state index is 0.116. The third-order valence-electron chi connectivity index (χ3n) is 4.33. The summed E-state index contributed by atoms with van der Waals surface area (Å²) in [6.45, 7) is 4.33. The van der Waals surface area contributed by atoms with Gasteiger partial charge in [-0.05, 0) is 42.5 Å². The molecule has 9 heteroatoms. The third-order valence-corrected chi connectivity index (χ3v) is 4.83. The van der Waals surface area contributed by atoms with Crippen molar-refractivity contribution in [2.45, 2.75) is 6.92 Å². The number of carbonyl (C=O) groups excluding carboxylic acids is 1. The van der Waals surface area contributed by atoms with E-state index in [0.717, 1.165) is 35.8 Å². The van der Waals surface area contributed by atoms with Crippen LogP contribution in [-0.2, 0) is 9.53 Å². The largest absolute Gasteiger partial charge is 0.495 e. The maximum Gasteiger partial charge on any atom is 0.221 e. The Bertz CT molecular complexity index is 886. The molecule has 2 aromatic rings. The maximum atomic E-state index is 11.1. The van der Waals surface area contributed by atoms with Gasteiger partial charge in [-0.1, -0.05) is 11.6 Å². The fourth-order valence-corrected chi connectivity index (χ4v) is 3.46. The highest BCUT2D eigenvalue weighted by molar-refractivity contribution is 7.80. The number of nitrogens with zero attached hydrogens (tertiary/aromatic N) is 1. The Morgan fingerprint density at radius 3 is 2.31 bits per heavy atom. The van der Waals surface area contributed by atoms with E-state index in [1.807, 2.05) is 18.2 Å². The second-order valence-electron chi connectivity index (χ2n) is 6.44. The van der Waals surface area contributed by atoms with Crippen LogP contribution in [0.4, 0.5) is 22.7 Å². The summed E-state index contributed by atoms with van der Waals surface area (Å²) >= 11 is 11.8. The summed E-state index contributed by atoms with van der Waals surface area (Å²) in [5.41, 5.74) is 3.24. The summed E-state index contributed by atoms with van der Waals surface area (Å²) in [4.78, 5) is 13.3. The molecule has 1 amide bonds. The van der Waals surface area contributed by atoms with Gasteiger partial charge in [0, 0.05) is 37.5 Å². The number of rotatable bonds is 5. The van der Waals surface area contributed by atoms with Gasteiger partial charge in [0.15, 0.2) is 5.11 Å². The van der Waals surface area contributed by atoms with Gasteiger partial charge in [-0.2, -0.15) is 0 Å². The molecule has 2 aromatic carbocycles. The molecule has 0 bridgehead atoms. The fraction of sp³-hybridized carbons (Fsp3) is 0.300. The molecule has 0 spiro atoms. The van der Waals surface area contributed by atoms with Gasteiger partial charge in [-0.25, -0.2) is 0 Å². The van der Waals surface area contributed by atoms with Crippen LogP contribution in [0.3, 0.4) is 0 Å². The van der Waals surface area contributed by atoms with Crippen LogP contribution in [0.5, 0.6) is 5.75 Å². The lowest BCUT2D eigenvalue weighted by Gasteiger charge is -2.31. The van der Waals surface area contributed by atoms with Crippen molar-refractivity contribution >= 4 is 57.6 Å². The minimum Gasteiger partial charge on any atom is -0.495 e. The van der Waals surface area contributed by atoms with Crippen LogP contribution in [0, 0.1) is 0 Å². The van der Waals surface area contributed by atoms with Crippen molar-refractivity contribution < 1.29 is 14.3 Å². The number of thiocarbonyl (C=S) groups is 1. The zero-order chi connectivity index (χ0) is 20.8. The number of morpholine rings is 1. The highest BCUT2D eigenvalue weighted by atomic mass is 35.5. The number of hydrogen-bond acceptors (Lipinski definition) is 5. The molecule has 0 atom stereocenters. The van der Waals surface area contributed by atoms with Gasteiger partial charge >= 0.3 is 0 Å². The highest BCUT2D eigenvalue weighted by Crippen LogP contribution is 2.37. The molecule has 1 aliphatic rings. The predicted octanol–water partition coefficient (Wildman–Crippen LogP) is 3.95. The number of amides is 1. The second-order valence-corrected chi connectivity index (χ2v) is 7.26. The molecular weight excluding hydrogens is 412 g/mol. The van der Waals surface area contributed by atoms with Crippen molar-refractivity contribution in [1.82, 2.24) is 0 Å². The van der Waals surface area contributed by atoms with Gasteiger partial charge in [0.2, 0.25) is 5.91 Å². The van der Waals surface area contributed by atoms with Gasteiger partial charge in [0.05, 0.1) is 36.7 Å². The Hall–Kier alpha value is -2.55. The molecule has 0 aliphatic carbocycles. The van der Waals surface area contributed by atoms with Crippen molar-refractivity contribution in [2.24, 2.45) is 0 Å². The number of methoxy groups -OCH3 is 1. The number of benzene rings is 2. The Labute approximate surface area is 180 Å². The number of ether oxygens (including phenoxy) is 2. The summed E-state index contributed by atoms with van der Waals surface area (Å²) in [6, 6.07) is 11.0. The molecule has 0 aromatic heterocycles. The van der Waals surface area contributed by atoms with Crippen molar-refractivity contribution in [2.75, 3.05) is 54.3 Å². The normalized spacial score (nSPS) is 13.6. The molecule has 3 rings (SSSR count). The van der Waals surface area contributed by atoms with E-state index < -0.39 is 0 Å². The molecule has 1 heterocycles. The van der Waals surface area contributed by atoms with E-state index in [2.05, 4.69) is 20.9 Å². The monoisotopic (exact) mass is 434 g/mol. The standard InChI is InChI=1S/C20H23ClN4O3S/c1-13(26)22-14-3-5-15(6-4-14)23-20(29)24-17-11-16(21)19(27-2)12-18(17)25-7-9-28-10-8-25/h3-6,11-12H,7-10H2,1-2H3,(H,22,26)(H2,23,24,29). The molecule has 29 heavy (non-hydrogen) atoms. The van der Waals surface area contributed by atoms with Crippen molar-refractivity contribution in [3.63, 3.8) is 0 Å². The second kappa shape index (κ2) is 9.78. The molecule has 154 valence electrons. The van der Waals surface area contributed by atoms with E-state index in [1.54, 1.807) is 25.3 Å². The molecule has 1 saturated heterocycles. The zero-order valence-corrected chi connectivity index (χ0v) is 17.8. The average Bonchev–Trinajstić information content (AvgIpc) is 2.70. The third kappa shape index (κ3) is 5.72. The van der Waals surface area contributed by atoms with Gasteiger partial charge in [-0.3, -0.25) is 4.79 Å². The van der Waals surface area contributed by atoms with Crippen LogP contribution < -0.4 is 25.6 Å². The lowest BCUT2D eigenvalue weighted by Crippen LogP contribution is -2.37. The first-order chi connectivity index (χ1) is 14.0. The van der Waals surface area contributed by atoms with Crippen molar-refractivity contribution in [1.29, 1.82) is 0 Å². The van der Waals surface area contributed by atoms with E-state index in [-0.39, 0.29) is 5.91 Å². The molecule has 7 nitrogen and oxygen atoms in total. The van der Waals surface area contributed by atoms with Crippen molar-refractivity contribution in [3.05, 3.63) is 41.4 Å². The highest BCUT2D eigenvalue weighted by Gasteiger charge is 2.18. The molecule has 0 radical (unpaired) electrons. The topological polar surface area (TPSA) is 74.9 Å². The summed E-state index contributed by atoms with van der Waals surface area (Å²) in [6.07, 6.45) is 0. The summed E-state index contributed by atoms with van der Waals surface area (Å²) in [5, 5.41) is 10.0. The summed E-state index contributed by atoms with van der Waals surface area (Å²) in [5.74, 6) is 0.487. The molecule has 1 aliphatic heterocycles. The van der Waals surface area contributed by atoms with Gasteiger partial charge in [-0.15, -0.1) is 0 Å². The van der Waals surface area contributed by atoms with Crippen LogP contribution in [0.15, 0.2) is 36.4 Å². The molecule has 3 N–H and O–H groups in total. The number of nitrogens with one attached hydrogen (secondary N) is 3.